The highest BCUT2D eigenvalue weighted by molar-refractivity contribution is 5.77. The smallest absolute Gasteiger partial charge is 0.223 e. The number of carbonyl (C=O) groups is 1. The van der Waals surface area contributed by atoms with E-state index in [1.807, 2.05) is 11.8 Å². The molecule has 2 rings (SSSR count). The number of rotatable bonds is 3. The summed E-state index contributed by atoms with van der Waals surface area (Å²) in [6, 6.07) is 0.472. The first kappa shape index (κ1) is 14.8. The van der Waals surface area contributed by atoms with Crippen LogP contribution >= 0.6 is 0 Å². The van der Waals surface area contributed by atoms with Crippen LogP contribution in [0.3, 0.4) is 0 Å². The van der Waals surface area contributed by atoms with Crippen molar-refractivity contribution >= 4 is 5.91 Å². The van der Waals surface area contributed by atoms with Crippen LogP contribution in [0.15, 0.2) is 0 Å². The molecule has 4 atom stereocenters. The minimum atomic E-state index is 0.159. The van der Waals surface area contributed by atoms with Crippen LogP contribution in [-0.2, 0) is 9.53 Å². The minimum absolute atomic E-state index is 0.159. The van der Waals surface area contributed by atoms with Gasteiger partial charge < -0.3 is 15.4 Å². The zero-order chi connectivity index (χ0) is 13.8. The molecule has 2 N–H and O–H groups in total. The summed E-state index contributed by atoms with van der Waals surface area (Å²) in [5.41, 5.74) is 6.16. The van der Waals surface area contributed by atoms with Crippen molar-refractivity contribution < 1.29 is 9.53 Å². The second-order valence-corrected chi connectivity index (χ2v) is 6.16. The van der Waals surface area contributed by atoms with Gasteiger partial charge >= 0.3 is 0 Å². The zero-order valence-electron chi connectivity index (χ0n) is 12.3. The molecule has 4 unspecified atom stereocenters. The van der Waals surface area contributed by atoms with Gasteiger partial charge in [-0.3, -0.25) is 4.79 Å². The Morgan fingerprint density at radius 3 is 2.79 bits per heavy atom. The zero-order valence-corrected chi connectivity index (χ0v) is 12.3. The van der Waals surface area contributed by atoms with Gasteiger partial charge in [-0.25, -0.2) is 0 Å². The number of hydrogen-bond acceptors (Lipinski definition) is 3. The minimum Gasteiger partial charge on any atom is -0.375 e. The van der Waals surface area contributed by atoms with E-state index in [0.717, 1.165) is 25.8 Å². The molecule has 110 valence electrons. The van der Waals surface area contributed by atoms with Gasteiger partial charge in [0.05, 0.1) is 18.8 Å². The number of amides is 1. The fraction of sp³-hybridized carbons (Fsp3) is 0.933. The molecule has 0 aromatic heterocycles. The third-order valence-electron chi connectivity index (χ3n) is 4.66. The Kier molecular flexibility index (Phi) is 5.22. The highest BCUT2D eigenvalue weighted by atomic mass is 16.5. The molecular formula is C15H28N2O2. The van der Waals surface area contributed by atoms with Crippen LogP contribution in [-0.4, -0.2) is 42.1 Å². The van der Waals surface area contributed by atoms with Gasteiger partial charge in [0.15, 0.2) is 0 Å². The standard InChI is InChI=1S/C15H28N2O2/c1-3-13-10-19-11(2)9-17(13)15(18)8-12-6-4-5-7-14(12)16/h11-14H,3-10,16H2,1-2H3. The van der Waals surface area contributed by atoms with Gasteiger partial charge in [0, 0.05) is 19.0 Å². The van der Waals surface area contributed by atoms with Gasteiger partial charge in [0.25, 0.3) is 0 Å². The van der Waals surface area contributed by atoms with Crippen molar-refractivity contribution in [2.45, 2.75) is 70.6 Å². The average molecular weight is 268 g/mol. The quantitative estimate of drug-likeness (QED) is 0.851. The van der Waals surface area contributed by atoms with E-state index in [1.54, 1.807) is 0 Å². The Morgan fingerprint density at radius 2 is 2.11 bits per heavy atom. The van der Waals surface area contributed by atoms with E-state index < -0.39 is 0 Å². The molecule has 1 saturated carbocycles. The monoisotopic (exact) mass is 268 g/mol. The number of carbonyl (C=O) groups excluding carboxylic acids is 1. The lowest BCUT2D eigenvalue weighted by Crippen LogP contribution is -2.52. The van der Waals surface area contributed by atoms with E-state index in [2.05, 4.69) is 6.92 Å². The van der Waals surface area contributed by atoms with E-state index >= 15 is 0 Å². The first-order valence-corrected chi connectivity index (χ1v) is 7.78. The highest BCUT2D eigenvalue weighted by Gasteiger charge is 2.32. The fourth-order valence-corrected chi connectivity index (χ4v) is 3.32. The van der Waals surface area contributed by atoms with Crippen molar-refractivity contribution in [1.82, 2.24) is 4.90 Å². The molecule has 1 saturated heterocycles. The summed E-state index contributed by atoms with van der Waals surface area (Å²) in [6.45, 7) is 5.58. The molecule has 0 bridgehead atoms. The largest absolute Gasteiger partial charge is 0.375 e. The van der Waals surface area contributed by atoms with Gasteiger partial charge in [-0.15, -0.1) is 0 Å². The molecule has 2 fully saturated rings. The van der Waals surface area contributed by atoms with E-state index in [9.17, 15) is 4.79 Å². The predicted molar refractivity (Wildman–Crippen MR) is 75.8 cm³/mol. The van der Waals surface area contributed by atoms with Crippen molar-refractivity contribution in [3.63, 3.8) is 0 Å². The first-order chi connectivity index (χ1) is 9.11. The molecule has 0 radical (unpaired) electrons. The van der Waals surface area contributed by atoms with E-state index in [4.69, 9.17) is 10.5 Å². The molecule has 2 aliphatic rings. The van der Waals surface area contributed by atoms with E-state index in [-0.39, 0.29) is 24.1 Å². The topological polar surface area (TPSA) is 55.6 Å². The summed E-state index contributed by atoms with van der Waals surface area (Å²) in [6.07, 6.45) is 6.39. The molecule has 4 heteroatoms. The van der Waals surface area contributed by atoms with Crippen LogP contribution in [0.5, 0.6) is 0 Å². The van der Waals surface area contributed by atoms with Crippen LogP contribution in [0, 0.1) is 5.92 Å². The van der Waals surface area contributed by atoms with Crippen molar-refractivity contribution in [3.8, 4) is 0 Å². The maximum Gasteiger partial charge on any atom is 0.223 e. The maximum absolute atomic E-state index is 12.5. The average Bonchev–Trinajstić information content (AvgIpc) is 2.41. The fourth-order valence-electron chi connectivity index (χ4n) is 3.32. The molecule has 1 amide bonds. The molecular weight excluding hydrogens is 240 g/mol. The predicted octanol–water partition coefficient (Wildman–Crippen LogP) is 1.92. The summed E-state index contributed by atoms with van der Waals surface area (Å²) < 4.78 is 5.65. The number of nitrogens with zero attached hydrogens (tertiary/aromatic N) is 1. The van der Waals surface area contributed by atoms with Gasteiger partial charge in [0.1, 0.15) is 0 Å². The molecule has 19 heavy (non-hydrogen) atoms. The SMILES string of the molecule is CCC1COC(C)CN1C(=O)CC1CCCCC1N. The Hall–Kier alpha value is -0.610. The lowest BCUT2D eigenvalue weighted by Gasteiger charge is -2.39. The number of nitrogens with two attached hydrogens (primary N) is 1. The van der Waals surface area contributed by atoms with Gasteiger partial charge in [-0.05, 0) is 32.1 Å². The van der Waals surface area contributed by atoms with Gasteiger partial charge in [-0.1, -0.05) is 19.8 Å². The highest BCUT2D eigenvalue weighted by Crippen LogP contribution is 2.27. The van der Waals surface area contributed by atoms with E-state index in [1.165, 1.54) is 12.8 Å². The Morgan fingerprint density at radius 1 is 1.37 bits per heavy atom. The van der Waals surface area contributed by atoms with Crippen LogP contribution in [0.4, 0.5) is 0 Å². The number of hydrogen-bond donors (Lipinski definition) is 1. The summed E-state index contributed by atoms with van der Waals surface area (Å²) in [5, 5.41) is 0. The van der Waals surface area contributed by atoms with Gasteiger partial charge in [0.2, 0.25) is 5.91 Å². The molecule has 1 aliphatic heterocycles. The first-order valence-electron chi connectivity index (χ1n) is 7.78. The molecule has 1 heterocycles. The van der Waals surface area contributed by atoms with Crippen molar-refractivity contribution in [3.05, 3.63) is 0 Å². The molecule has 0 spiro atoms. The Bertz CT molecular complexity index is 309. The second-order valence-electron chi connectivity index (χ2n) is 6.16. The molecule has 4 nitrogen and oxygen atoms in total. The van der Waals surface area contributed by atoms with Crippen molar-refractivity contribution in [1.29, 1.82) is 0 Å². The van der Waals surface area contributed by atoms with Crippen molar-refractivity contribution in [2.75, 3.05) is 13.2 Å². The summed E-state index contributed by atoms with van der Waals surface area (Å²) >= 11 is 0. The lowest BCUT2D eigenvalue weighted by molar-refractivity contribution is -0.145. The van der Waals surface area contributed by atoms with Crippen LogP contribution in [0.1, 0.15) is 52.4 Å². The van der Waals surface area contributed by atoms with Crippen LogP contribution in [0.2, 0.25) is 0 Å². The molecule has 0 aromatic rings. The molecule has 0 aromatic carbocycles. The summed E-state index contributed by atoms with van der Waals surface area (Å²) in [4.78, 5) is 14.6. The summed E-state index contributed by atoms with van der Waals surface area (Å²) in [5.74, 6) is 0.668. The third kappa shape index (κ3) is 3.69. The van der Waals surface area contributed by atoms with Crippen LogP contribution in [0.25, 0.3) is 0 Å². The lowest BCUT2D eigenvalue weighted by atomic mass is 9.82. The number of ether oxygens (including phenoxy) is 1. The Labute approximate surface area is 116 Å². The number of morpholine rings is 1. The van der Waals surface area contributed by atoms with Gasteiger partial charge in [-0.2, -0.15) is 0 Å². The maximum atomic E-state index is 12.5. The van der Waals surface area contributed by atoms with Crippen LogP contribution < -0.4 is 5.73 Å². The normalized spacial score (nSPS) is 36.3. The van der Waals surface area contributed by atoms with Crippen molar-refractivity contribution in [2.24, 2.45) is 11.7 Å². The Balaban J connectivity index is 1.93. The second kappa shape index (κ2) is 6.71. The molecule has 1 aliphatic carbocycles. The third-order valence-corrected chi connectivity index (χ3v) is 4.66. The summed E-state index contributed by atoms with van der Waals surface area (Å²) in [7, 11) is 0. The van der Waals surface area contributed by atoms with E-state index in [0.29, 0.717) is 18.9 Å².